The van der Waals surface area contributed by atoms with Crippen LogP contribution in [0.3, 0.4) is 0 Å². The third-order valence-corrected chi connectivity index (χ3v) is 3.30. The highest BCUT2D eigenvalue weighted by Gasteiger charge is 2.37. The van der Waals surface area contributed by atoms with Crippen molar-refractivity contribution in [3.05, 3.63) is 0 Å². The molecular weight excluding hydrogens is 242 g/mol. The molecular formula is C11H20ClN3O2. The van der Waals surface area contributed by atoms with Crippen molar-refractivity contribution >= 4 is 24.2 Å². The van der Waals surface area contributed by atoms with E-state index in [1.807, 2.05) is 0 Å². The van der Waals surface area contributed by atoms with Gasteiger partial charge in [0.1, 0.15) is 0 Å². The maximum Gasteiger partial charge on any atom is 0.240 e. The molecule has 0 aromatic heterocycles. The van der Waals surface area contributed by atoms with Gasteiger partial charge in [0, 0.05) is 6.04 Å². The summed E-state index contributed by atoms with van der Waals surface area (Å²) in [7, 11) is 0. The smallest absolute Gasteiger partial charge is 0.240 e. The number of carbonyl (C=O) groups is 2. The predicted octanol–water partition coefficient (Wildman–Crippen LogP) is 0.0745. The second-order valence-corrected chi connectivity index (χ2v) is 4.89. The summed E-state index contributed by atoms with van der Waals surface area (Å²) in [5.41, 5.74) is 5.22. The van der Waals surface area contributed by atoms with E-state index >= 15 is 0 Å². The molecule has 2 saturated carbocycles. The number of hydrogen-bond acceptors (Lipinski definition) is 3. The second kappa shape index (κ2) is 5.69. The molecule has 0 atom stereocenters. The van der Waals surface area contributed by atoms with E-state index in [0.29, 0.717) is 6.04 Å². The molecule has 2 aliphatic rings. The number of carbonyl (C=O) groups excluding carboxylic acids is 2. The molecule has 2 fully saturated rings. The molecule has 0 aromatic rings. The number of halogens is 1. The van der Waals surface area contributed by atoms with E-state index < -0.39 is 5.54 Å². The van der Waals surface area contributed by atoms with Crippen LogP contribution in [0.5, 0.6) is 0 Å². The Labute approximate surface area is 107 Å². The molecule has 0 heterocycles. The Hall–Kier alpha value is -0.810. The fraction of sp³-hybridized carbons (Fsp3) is 0.818. The molecule has 0 saturated heterocycles. The third kappa shape index (κ3) is 3.85. The third-order valence-electron chi connectivity index (χ3n) is 3.30. The highest BCUT2D eigenvalue weighted by Crippen LogP contribution is 2.27. The van der Waals surface area contributed by atoms with Crippen molar-refractivity contribution in [2.24, 2.45) is 5.73 Å². The predicted molar refractivity (Wildman–Crippen MR) is 66.8 cm³/mol. The number of amides is 2. The van der Waals surface area contributed by atoms with Crippen LogP contribution in [0.25, 0.3) is 0 Å². The molecule has 2 aliphatic carbocycles. The van der Waals surface area contributed by atoms with Crippen molar-refractivity contribution in [1.82, 2.24) is 10.6 Å². The first-order valence-corrected chi connectivity index (χ1v) is 5.97. The van der Waals surface area contributed by atoms with E-state index in [1.165, 1.54) is 0 Å². The van der Waals surface area contributed by atoms with Crippen LogP contribution < -0.4 is 16.4 Å². The van der Waals surface area contributed by atoms with Crippen LogP contribution in [-0.2, 0) is 9.59 Å². The fourth-order valence-corrected chi connectivity index (χ4v) is 2.08. The van der Waals surface area contributed by atoms with Crippen molar-refractivity contribution in [1.29, 1.82) is 0 Å². The van der Waals surface area contributed by atoms with Crippen LogP contribution in [0.4, 0.5) is 0 Å². The van der Waals surface area contributed by atoms with Gasteiger partial charge in [0.15, 0.2) is 0 Å². The zero-order chi connectivity index (χ0) is 11.6. The van der Waals surface area contributed by atoms with E-state index in [1.54, 1.807) is 0 Å². The van der Waals surface area contributed by atoms with Crippen molar-refractivity contribution in [2.75, 3.05) is 6.54 Å². The lowest BCUT2D eigenvalue weighted by atomic mass is 9.98. The summed E-state index contributed by atoms with van der Waals surface area (Å²) in [4.78, 5) is 23.1. The molecule has 0 aromatic carbocycles. The van der Waals surface area contributed by atoms with Gasteiger partial charge >= 0.3 is 0 Å². The first kappa shape index (κ1) is 14.3. The van der Waals surface area contributed by atoms with Gasteiger partial charge in [0.05, 0.1) is 12.1 Å². The molecule has 0 radical (unpaired) electrons. The minimum absolute atomic E-state index is 0. The maximum atomic E-state index is 11.8. The molecule has 2 rings (SSSR count). The summed E-state index contributed by atoms with van der Waals surface area (Å²) in [6, 6.07) is 0.336. The van der Waals surface area contributed by atoms with Crippen molar-refractivity contribution in [2.45, 2.75) is 50.1 Å². The summed E-state index contributed by atoms with van der Waals surface area (Å²) < 4.78 is 0. The molecule has 2 amide bonds. The lowest BCUT2D eigenvalue weighted by molar-refractivity contribution is -0.129. The zero-order valence-electron chi connectivity index (χ0n) is 9.83. The van der Waals surface area contributed by atoms with E-state index in [2.05, 4.69) is 10.6 Å². The molecule has 6 heteroatoms. The lowest BCUT2D eigenvalue weighted by Crippen LogP contribution is -2.53. The SMILES string of the molecule is Cl.NC1(C(=O)NCC(=O)NC2CC2)CCCC1. The Morgan fingerprint density at radius 1 is 1.24 bits per heavy atom. The Balaban J connectivity index is 0.00000144. The molecule has 0 aliphatic heterocycles. The number of nitrogens with one attached hydrogen (secondary N) is 2. The van der Waals surface area contributed by atoms with Crippen molar-refractivity contribution < 1.29 is 9.59 Å². The quantitative estimate of drug-likeness (QED) is 0.670. The Kier molecular flexibility index (Phi) is 4.77. The molecule has 0 spiro atoms. The molecule has 0 bridgehead atoms. The fourth-order valence-electron chi connectivity index (χ4n) is 2.08. The highest BCUT2D eigenvalue weighted by atomic mass is 35.5. The Morgan fingerprint density at radius 2 is 1.82 bits per heavy atom. The van der Waals surface area contributed by atoms with Gasteiger partial charge in [0.25, 0.3) is 0 Å². The largest absolute Gasteiger partial charge is 0.352 e. The number of rotatable bonds is 4. The summed E-state index contributed by atoms with van der Waals surface area (Å²) in [6.45, 7) is 0.0499. The number of hydrogen-bond donors (Lipinski definition) is 3. The monoisotopic (exact) mass is 261 g/mol. The van der Waals surface area contributed by atoms with Gasteiger partial charge in [-0.05, 0) is 25.7 Å². The topological polar surface area (TPSA) is 84.2 Å². The van der Waals surface area contributed by atoms with Gasteiger partial charge < -0.3 is 16.4 Å². The van der Waals surface area contributed by atoms with E-state index in [-0.39, 0.29) is 30.8 Å². The van der Waals surface area contributed by atoms with E-state index in [9.17, 15) is 9.59 Å². The van der Waals surface area contributed by atoms with E-state index in [4.69, 9.17) is 5.73 Å². The minimum atomic E-state index is -0.736. The van der Waals surface area contributed by atoms with Crippen molar-refractivity contribution in [3.8, 4) is 0 Å². The van der Waals surface area contributed by atoms with Gasteiger partial charge in [-0.25, -0.2) is 0 Å². The summed E-state index contributed by atoms with van der Waals surface area (Å²) in [5.74, 6) is -0.298. The van der Waals surface area contributed by atoms with Crippen LogP contribution in [0.15, 0.2) is 0 Å². The first-order valence-electron chi connectivity index (χ1n) is 5.97. The maximum absolute atomic E-state index is 11.8. The highest BCUT2D eigenvalue weighted by molar-refractivity contribution is 5.90. The average molecular weight is 262 g/mol. The van der Waals surface area contributed by atoms with Crippen LogP contribution >= 0.6 is 12.4 Å². The lowest BCUT2D eigenvalue weighted by Gasteiger charge is -2.21. The first-order chi connectivity index (χ1) is 7.60. The molecule has 17 heavy (non-hydrogen) atoms. The van der Waals surface area contributed by atoms with Crippen LogP contribution in [0.1, 0.15) is 38.5 Å². The van der Waals surface area contributed by atoms with Crippen LogP contribution in [0, 0.1) is 0 Å². The molecule has 4 N–H and O–H groups in total. The Morgan fingerprint density at radius 3 is 2.35 bits per heavy atom. The van der Waals surface area contributed by atoms with Gasteiger partial charge in [-0.15, -0.1) is 12.4 Å². The Bertz CT molecular complexity index is 299. The summed E-state index contributed by atoms with van der Waals surface area (Å²) >= 11 is 0. The molecule has 98 valence electrons. The van der Waals surface area contributed by atoms with Gasteiger partial charge in [-0.1, -0.05) is 12.8 Å². The minimum Gasteiger partial charge on any atom is -0.352 e. The summed E-state index contributed by atoms with van der Waals surface area (Å²) in [5, 5.41) is 5.44. The van der Waals surface area contributed by atoms with Crippen molar-refractivity contribution in [3.63, 3.8) is 0 Å². The van der Waals surface area contributed by atoms with Crippen LogP contribution in [-0.4, -0.2) is 29.9 Å². The average Bonchev–Trinajstić information content (AvgIpc) is 2.95. The normalized spacial score (nSPS) is 21.5. The van der Waals surface area contributed by atoms with Gasteiger partial charge in [-0.2, -0.15) is 0 Å². The molecule has 0 unspecified atom stereocenters. The standard InChI is InChI=1S/C11H19N3O2.ClH/c12-11(5-1-2-6-11)10(16)13-7-9(15)14-8-3-4-8;/h8H,1-7,12H2,(H,13,16)(H,14,15);1H. The van der Waals surface area contributed by atoms with Gasteiger partial charge in [0.2, 0.25) is 11.8 Å². The number of nitrogens with two attached hydrogens (primary N) is 1. The van der Waals surface area contributed by atoms with Crippen LogP contribution in [0.2, 0.25) is 0 Å². The summed E-state index contributed by atoms with van der Waals surface area (Å²) in [6.07, 6.45) is 5.56. The molecule has 5 nitrogen and oxygen atoms in total. The van der Waals surface area contributed by atoms with Gasteiger partial charge in [-0.3, -0.25) is 9.59 Å². The van der Waals surface area contributed by atoms with E-state index in [0.717, 1.165) is 38.5 Å². The second-order valence-electron chi connectivity index (χ2n) is 4.89. The zero-order valence-corrected chi connectivity index (χ0v) is 10.6.